The van der Waals surface area contributed by atoms with E-state index in [2.05, 4.69) is 27.7 Å². The number of nitrogens with one attached hydrogen (secondary N) is 2. The van der Waals surface area contributed by atoms with Crippen molar-refractivity contribution >= 4 is 17.7 Å². The summed E-state index contributed by atoms with van der Waals surface area (Å²) in [6, 6.07) is 6.24. The van der Waals surface area contributed by atoms with Crippen LogP contribution in [0.25, 0.3) is 0 Å². The fraction of sp³-hybridized carbons (Fsp3) is 0.609. The van der Waals surface area contributed by atoms with Gasteiger partial charge in [0.15, 0.2) is 0 Å². The van der Waals surface area contributed by atoms with Crippen molar-refractivity contribution in [1.82, 2.24) is 20.4 Å². The van der Waals surface area contributed by atoms with E-state index in [0.29, 0.717) is 24.6 Å². The van der Waals surface area contributed by atoms with Gasteiger partial charge >= 0.3 is 0 Å². The van der Waals surface area contributed by atoms with Crippen molar-refractivity contribution in [2.75, 3.05) is 19.6 Å². The number of likely N-dealkylation sites (tertiary alicyclic amines) is 1. The van der Waals surface area contributed by atoms with Gasteiger partial charge in [-0.25, -0.2) is 0 Å². The highest BCUT2D eigenvalue weighted by molar-refractivity contribution is 6.05. The van der Waals surface area contributed by atoms with Crippen molar-refractivity contribution in [3.05, 3.63) is 34.9 Å². The van der Waals surface area contributed by atoms with Gasteiger partial charge in [-0.1, -0.05) is 12.1 Å². The number of carbonyl (C=O) groups is 3. The topological polar surface area (TPSA) is 81.8 Å². The number of hydrogen-bond donors (Lipinski definition) is 2. The molecule has 4 heterocycles. The van der Waals surface area contributed by atoms with Crippen LogP contribution in [0.3, 0.4) is 0 Å². The summed E-state index contributed by atoms with van der Waals surface area (Å²) in [5, 5.41) is 5.96. The Balaban J connectivity index is 1.31. The molecule has 3 saturated heterocycles. The number of rotatable bonds is 3. The Morgan fingerprint density at radius 2 is 1.97 bits per heavy atom. The van der Waals surface area contributed by atoms with Gasteiger partial charge < -0.3 is 10.2 Å². The SMILES string of the molecule is O=C1CCC(N2Cc3cc(CN4CCCC5CNCCCC54)ccc3C2=O)C(=O)N1. The molecule has 0 spiro atoms. The van der Waals surface area contributed by atoms with Gasteiger partial charge in [-0.15, -0.1) is 0 Å². The second-order valence-electron chi connectivity index (χ2n) is 9.18. The first kappa shape index (κ1) is 19.7. The molecule has 3 atom stereocenters. The van der Waals surface area contributed by atoms with E-state index in [9.17, 15) is 14.4 Å². The zero-order chi connectivity index (χ0) is 20.7. The van der Waals surface area contributed by atoms with Crippen molar-refractivity contribution in [3.8, 4) is 0 Å². The van der Waals surface area contributed by atoms with Crippen LogP contribution in [0.1, 0.15) is 60.0 Å². The van der Waals surface area contributed by atoms with Gasteiger partial charge in [0, 0.05) is 31.1 Å². The number of imide groups is 1. The van der Waals surface area contributed by atoms with Crippen LogP contribution in [0, 0.1) is 5.92 Å². The largest absolute Gasteiger partial charge is 0.322 e. The zero-order valence-corrected chi connectivity index (χ0v) is 17.4. The van der Waals surface area contributed by atoms with Crippen molar-refractivity contribution in [1.29, 1.82) is 0 Å². The summed E-state index contributed by atoms with van der Waals surface area (Å²) in [6.07, 6.45) is 5.74. The molecule has 7 nitrogen and oxygen atoms in total. The van der Waals surface area contributed by atoms with Gasteiger partial charge in [0.25, 0.3) is 5.91 Å². The minimum Gasteiger partial charge on any atom is -0.322 e. The first-order valence-electron chi connectivity index (χ1n) is 11.3. The van der Waals surface area contributed by atoms with E-state index in [1.165, 1.54) is 31.2 Å². The zero-order valence-electron chi connectivity index (χ0n) is 17.4. The number of fused-ring (bicyclic) bond motifs is 2. The Hall–Kier alpha value is -2.25. The molecular formula is C23H30N4O3. The molecule has 3 unspecified atom stereocenters. The van der Waals surface area contributed by atoms with Crippen LogP contribution in [0.4, 0.5) is 0 Å². The Labute approximate surface area is 177 Å². The van der Waals surface area contributed by atoms with Gasteiger partial charge in [0.05, 0.1) is 0 Å². The van der Waals surface area contributed by atoms with Crippen LogP contribution in [0.15, 0.2) is 18.2 Å². The number of hydrogen-bond acceptors (Lipinski definition) is 5. The van der Waals surface area contributed by atoms with E-state index in [1.807, 2.05) is 6.07 Å². The Bertz CT molecular complexity index is 870. The Morgan fingerprint density at radius 3 is 2.83 bits per heavy atom. The molecule has 0 radical (unpaired) electrons. The quantitative estimate of drug-likeness (QED) is 0.737. The molecule has 3 amide bonds. The highest BCUT2D eigenvalue weighted by Crippen LogP contribution is 2.32. The van der Waals surface area contributed by atoms with Gasteiger partial charge in [0.2, 0.25) is 11.8 Å². The normalized spacial score (nSPS) is 29.9. The second kappa shape index (κ2) is 8.12. The van der Waals surface area contributed by atoms with E-state index in [1.54, 1.807) is 4.90 Å². The first-order valence-corrected chi connectivity index (χ1v) is 11.3. The molecule has 0 aromatic heterocycles. The molecule has 2 N–H and O–H groups in total. The number of piperidine rings is 2. The van der Waals surface area contributed by atoms with Crippen molar-refractivity contribution in [3.63, 3.8) is 0 Å². The number of nitrogens with zero attached hydrogens (tertiary/aromatic N) is 2. The van der Waals surface area contributed by atoms with Gasteiger partial charge in [-0.2, -0.15) is 0 Å². The lowest BCUT2D eigenvalue weighted by atomic mass is 9.87. The highest BCUT2D eigenvalue weighted by Gasteiger charge is 2.39. The minimum atomic E-state index is -0.549. The monoisotopic (exact) mass is 410 g/mol. The number of benzene rings is 1. The van der Waals surface area contributed by atoms with Crippen LogP contribution in [-0.4, -0.2) is 59.2 Å². The van der Waals surface area contributed by atoms with Gasteiger partial charge in [0.1, 0.15) is 6.04 Å². The smallest absolute Gasteiger partial charge is 0.255 e. The fourth-order valence-electron chi connectivity index (χ4n) is 5.75. The highest BCUT2D eigenvalue weighted by atomic mass is 16.2. The molecule has 3 fully saturated rings. The second-order valence-corrected chi connectivity index (χ2v) is 9.18. The van der Waals surface area contributed by atoms with Crippen LogP contribution in [-0.2, 0) is 22.7 Å². The van der Waals surface area contributed by atoms with Gasteiger partial charge in [-0.05, 0) is 74.8 Å². The Kier molecular flexibility index (Phi) is 5.33. The number of amides is 3. The predicted octanol–water partition coefficient (Wildman–Crippen LogP) is 1.41. The average molecular weight is 411 g/mol. The third kappa shape index (κ3) is 3.65. The summed E-state index contributed by atoms with van der Waals surface area (Å²) in [5.74, 6) is 0.0319. The lowest BCUT2D eigenvalue weighted by molar-refractivity contribution is -0.136. The van der Waals surface area contributed by atoms with Crippen LogP contribution >= 0.6 is 0 Å². The van der Waals surface area contributed by atoms with E-state index in [4.69, 9.17) is 0 Å². The van der Waals surface area contributed by atoms with Gasteiger partial charge in [-0.3, -0.25) is 24.6 Å². The van der Waals surface area contributed by atoms with Crippen LogP contribution in [0.2, 0.25) is 0 Å². The fourth-order valence-corrected chi connectivity index (χ4v) is 5.75. The molecule has 7 heteroatoms. The summed E-state index contributed by atoms with van der Waals surface area (Å²) in [5.41, 5.74) is 2.93. The molecule has 4 aliphatic rings. The molecule has 4 aliphatic heterocycles. The third-order valence-corrected chi connectivity index (χ3v) is 7.27. The molecule has 5 rings (SSSR count). The van der Waals surface area contributed by atoms with E-state index in [0.717, 1.165) is 37.7 Å². The Morgan fingerprint density at radius 1 is 1.07 bits per heavy atom. The third-order valence-electron chi connectivity index (χ3n) is 7.27. The summed E-state index contributed by atoms with van der Waals surface area (Å²) in [6.45, 7) is 4.75. The molecular weight excluding hydrogens is 380 g/mol. The molecule has 0 saturated carbocycles. The van der Waals surface area contributed by atoms with Crippen LogP contribution < -0.4 is 10.6 Å². The lowest BCUT2D eigenvalue weighted by Crippen LogP contribution is -2.52. The van der Waals surface area contributed by atoms with Crippen molar-refractivity contribution < 1.29 is 14.4 Å². The summed E-state index contributed by atoms with van der Waals surface area (Å²) in [4.78, 5) is 40.8. The molecule has 160 valence electrons. The molecule has 1 aromatic rings. The molecule has 0 aliphatic carbocycles. The molecule has 30 heavy (non-hydrogen) atoms. The number of carbonyl (C=O) groups excluding carboxylic acids is 3. The van der Waals surface area contributed by atoms with Crippen LogP contribution in [0.5, 0.6) is 0 Å². The van der Waals surface area contributed by atoms with E-state index >= 15 is 0 Å². The van der Waals surface area contributed by atoms with Crippen molar-refractivity contribution in [2.45, 2.75) is 63.7 Å². The molecule has 0 bridgehead atoms. The maximum atomic E-state index is 12.9. The van der Waals surface area contributed by atoms with E-state index < -0.39 is 6.04 Å². The van der Waals surface area contributed by atoms with E-state index in [-0.39, 0.29) is 24.1 Å². The first-order chi connectivity index (χ1) is 14.6. The summed E-state index contributed by atoms with van der Waals surface area (Å²) in [7, 11) is 0. The summed E-state index contributed by atoms with van der Waals surface area (Å²) < 4.78 is 0. The maximum absolute atomic E-state index is 12.9. The lowest BCUT2D eigenvalue weighted by Gasteiger charge is -2.40. The summed E-state index contributed by atoms with van der Waals surface area (Å²) >= 11 is 0. The maximum Gasteiger partial charge on any atom is 0.255 e. The standard InChI is InChI=1S/C23H30N4O3/c28-21-8-7-20(22(29)25-21)27-14-17-11-15(5-6-18(17)23(27)30)13-26-10-2-3-16-12-24-9-1-4-19(16)26/h5-6,11,16,19-20,24H,1-4,7-10,12-14H2,(H,25,28,29). The van der Waals surface area contributed by atoms with Crippen molar-refractivity contribution in [2.24, 2.45) is 5.92 Å². The molecule has 1 aromatic carbocycles. The average Bonchev–Trinajstić information content (AvgIpc) is 2.90. The minimum absolute atomic E-state index is 0.0982. The predicted molar refractivity (Wildman–Crippen MR) is 112 cm³/mol.